The molecule has 21 heavy (non-hydrogen) atoms. The van der Waals surface area contributed by atoms with Crippen LogP contribution in [0.2, 0.25) is 0 Å². The summed E-state index contributed by atoms with van der Waals surface area (Å²) in [6, 6.07) is 6.79. The van der Waals surface area contributed by atoms with E-state index >= 15 is 0 Å². The molecule has 2 atom stereocenters. The molecule has 4 heteroatoms. The molecule has 1 saturated carbocycles. The minimum Gasteiger partial charge on any atom is -0.299 e. The quantitative estimate of drug-likeness (QED) is 0.858. The second kappa shape index (κ2) is 5.95. The summed E-state index contributed by atoms with van der Waals surface area (Å²) in [6.45, 7) is 1.58. The molecule has 0 N–H and O–H groups in total. The number of hydrogen-bond donors (Lipinski definition) is 0. The van der Waals surface area contributed by atoms with Crippen molar-refractivity contribution in [3.63, 3.8) is 0 Å². The first-order chi connectivity index (χ1) is 10.2. The Morgan fingerprint density at radius 2 is 2.14 bits per heavy atom. The van der Waals surface area contributed by atoms with Gasteiger partial charge in [-0.25, -0.2) is 4.39 Å². The number of halogens is 1. The molecular weight excluding hydrogens is 267 g/mol. The molecule has 1 aromatic rings. The van der Waals surface area contributed by atoms with Gasteiger partial charge in [0, 0.05) is 24.9 Å². The molecule has 1 aliphatic carbocycles. The van der Waals surface area contributed by atoms with Gasteiger partial charge in [-0.15, -0.1) is 0 Å². The molecule has 3 nitrogen and oxygen atoms in total. The van der Waals surface area contributed by atoms with Crippen molar-refractivity contribution < 1.29 is 9.18 Å². The highest BCUT2D eigenvalue weighted by atomic mass is 19.1. The summed E-state index contributed by atoms with van der Waals surface area (Å²) in [5, 5.41) is 8.93. The minimum atomic E-state index is -0.364. The largest absolute Gasteiger partial charge is 0.299 e. The van der Waals surface area contributed by atoms with Gasteiger partial charge in [-0.05, 0) is 56.0 Å². The zero-order valence-corrected chi connectivity index (χ0v) is 12.0. The third-order valence-electron chi connectivity index (χ3n) is 4.70. The van der Waals surface area contributed by atoms with Crippen molar-refractivity contribution in [3.8, 4) is 6.07 Å². The number of hydrogen-bond acceptors (Lipinski definition) is 3. The van der Waals surface area contributed by atoms with Gasteiger partial charge >= 0.3 is 0 Å². The topological polar surface area (TPSA) is 44.1 Å². The first kappa shape index (κ1) is 14.2. The number of likely N-dealkylation sites (tertiary alicyclic amines) is 1. The van der Waals surface area contributed by atoms with Crippen LogP contribution >= 0.6 is 0 Å². The van der Waals surface area contributed by atoms with Gasteiger partial charge in [0.1, 0.15) is 11.6 Å². The highest BCUT2D eigenvalue weighted by Crippen LogP contribution is 2.34. The number of benzene rings is 1. The number of nitrogens with zero attached hydrogens (tertiary/aromatic N) is 2. The Morgan fingerprint density at radius 1 is 1.29 bits per heavy atom. The summed E-state index contributed by atoms with van der Waals surface area (Å²) in [4.78, 5) is 14.3. The summed E-state index contributed by atoms with van der Waals surface area (Å²) >= 11 is 0. The molecule has 3 rings (SSSR count). The van der Waals surface area contributed by atoms with Crippen LogP contribution in [0.1, 0.15) is 43.2 Å². The van der Waals surface area contributed by atoms with Crippen molar-refractivity contribution in [2.24, 2.45) is 5.92 Å². The highest BCUT2D eigenvalue weighted by molar-refractivity contribution is 5.83. The van der Waals surface area contributed by atoms with Crippen molar-refractivity contribution >= 4 is 5.78 Å². The first-order valence-electron chi connectivity index (χ1n) is 7.64. The zero-order chi connectivity index (χ0) is 14.8. The van der Waals surface area contributed by atoms with Crippen LogP contribution in [0.15, 0.2) is 18.2 Å². The maximum atomic E-state index is 13.5. The summed E-state index contributed by atoms with van der Waals surface area (Å²) in [5.74, 6) is 0.192. The molecule has 2 unspecified atom stereocenters. The van der Waals surface area contributed by atoms with Crippen LogP contribution in [0.25, 0.3) is 0 Å². The monoisotopic (exact) mass is 286 g/mol. The van der Waals surface area contributed by atoms with Gasteiger partial charge in [0.15, 0.2) is 0 Å². The molecule has 1 aliphatic heterocycles. The lowest BCUT2D eigenvalue weighted by Gasteiger charge is -2.28. The maximum absolute atomic E-state index is 13.5. The third-order valence-corrected chi connectivity index (χ3v) is 4.70. The molecular formula is C17H19FN2O. The van der Waals surface area contributed by atoms with E-state index in [4.69, 9.17) is 5.26 Å². The van der Waals surface area contributed by atoms with Gasteiger partial charge in [-0.3, -0.25) is 9.69 Å². The zero-order valence-electron chi connectivity index (χ0n) is 12.0. The molecule has 2 aliphatic rings. The van der Waals surface area contributed by atoms with E-state index in [2.05, 4.69) is 4.90 Å². The molecule has 0 radical (unpaired) electrons. The standard InChI is InChI=1S/C17H19FN2O/c18-14-8-12(10-19)7-13(9-14)11-20-6-2-4-16(20)15-3-1-5-17(15)21/h7-9,15-16H,1-6,11H2. The van der Waals surface area contributed by atoms with Crippen LogP contribution in [-0.4, -0.2) is 23.3 Å². The summed E-state index contributed by atoms with van der Waals surface area (Å²) in [6.07, 6.45) is 4.86. The van der Waals surface area contributed by atoms with Crippen molar-refractivity contribution in [1.82, 2.24) is 4.90 Å². The van der Waals surface area contributed by atoms with Crippen LogP contribution in [0.3, 0.4) is 0 Å². The Balaban J connectivity index is 1.76. The van der Waals surface area contributed by atoms with E-state index in [1.807, 2.05) is 6.07 Å². The Hall–Kier alpha value is -1.73. The molecule has 1 saturated heterocycles. The first-order valence-corrected chi connectivity index (χ1v) is 7.64. The van der Waals surface area contributed by atoms with Gasteiger partial charge in [-0.2, -0.15) is 5.26 Å². The summed E-state index contributed by atoms with van der Waals surface area (Å²) < 4.78 is 13.5. The summed E-state index contributed by atoms with van der Waals surface area (Å²) in [7, 11) is 0. The van der Waals surface area contributed by atoms with E-state index in [9.17, 15) is 9.18 Å². The van der Waals surface area contributed by atoms with Crippen molar-refractivity contribution in [2.75, 3.05) is 6.54 Å². The van der Waals surface area contributed by atoms with E-state index in [0.717, 1.165) is 37.8 Å². The molecule has 0 bridgehead atoms. The fourth-order valence-electron chi connectivity index (χ4n) is 3.79. The summed E-state index contributed by atoms with van der Waals surface area (Å²) in [5.41, 5.74) is 1.18. The fraction of sp³-hybridized carbons (Fsp3) is 0.529. The molecule has 2 fully saturated rings. The maximum Gasteiger partial charge on any atom is 0.137 e. The number of nitriles is 1. The van der Waals surface area contributed by atoms with Crippen molar-refractivity contribution in [2.45, 2.75) is 44.7 Å². The average Bonchev–Trinajstić information content (AvgIpc) is 3.06. The van der Waals surface area contributed by atoms with Gasteiger partial charge in [-0.1, -0.05) is 0 Å². The smallest absolute Gasteiger partial charge is 0.137 e. The van der Waals surface area contributed by atoms with E-state index in [1.54, 1.807) is 6.07 Å². The van der Waals surface area contributed by atoms with Crippen LogP contribution in [0.5, 0.6) is 0 Å². The average molecular weight is 286 g/mol. The van der Waals surface area contributed by atoms with Crippen molar-refractivity contribution in [3.05, 3.63) is 35.1 Å². The van der Waals surface area contributed by atoms with Gasteiger partial charge in [0.2, 0.25) is 0 Å². The normalized spacial score (nSPS) is 26.2. The van der Waals surface area contributed by atoms with Crippen LogP contribution in [0, 0.1) is 23.1 Å². The lowest BCUT2D eigenvalue weighted by Crippen LogP contribution is -2.37. The predicted octanol–water partition coefficient (Wildman–Crippen LogP) is 3.03. The minimum absolute atomic E-state index is 0.163. The van der Waals surface area contributed by atoms with E-state index < -0.39 is 0 Å². The van der Waals surface area contributed by atoms with Crippen LogP contribution in [0.4, 0.5) is 4.39 Å². The molecule has 110 valence electrons. The Morgan fingerprint density at radius 3 is 2.86 bits per heavy atom. The molecule has 0 amide bonds. The lowest BCUT2D eigenvalue weighted by atomic mass is 9.95. The van der Waals surface area contributed by atoms with Gasteiger partial charge in [0.25, 0.3) is 0 Å². The van der Waals surface area contributed by atoms with Gasteiger partial charge < -0.3 is 0 Å². The second-order valence-electron chi connectivity index (χ2n) is 6.11. The Labute approximate surface area is 124 Å². The second-order valence-corrected chi connectivity index (χ2v) is 6.11. The number of rotatable bonds is 3. The molecule has 0 aromatic heterocycles. The Bertz CT molecular complexity index is 593. The Kier molecular flexibility index (Phi) is 4.03. The third kappa shape index (κ3) is 2.98. The number of Topliss-reactive ketones (excluding diaryl/α,β-unsaturated/α-hetero) is 1. The molecule has 1 aromatic carbocycles. The number of carbonyl (C=O) groups excluding carboxylic acids is 1. The van der Waals surface area contributed by atoms with E-state index in [-0.39, 0.29) is 11.7 Å². The van der Waals surface area contributed by atoms with E-state index in [0.29, 0.717) is 30.4 Å². The predicted molar refractivity (Wildman–Crippen MR) is 76.9 cm³/mol. The molecule has 0 spiro atoms. The van der Waals surface area contributed by atoms with Crippen molar-refractivity contribution in [1.29, 1.82) is 5.26 Å². The number of carbonyl (C=O) groups is 1. The van der Waals surface area contributed by atoms with E-state index in [1.165, 1.54) is 12.1 Å². The lowest BCUT2D eigenvalue weighted by molar-refractivity contribution is -0.122. The van der Waals surface area contributed by atoms with Crippen LogP contribution < -0.4 is 0 Å². The fourth-order valence-corrected chi connectivity index (χ4v) is 3.79. The van der Waals surface area contributed by atoms with Crippen LogP contribution in [-0.2, 0) is 11.3 Å². The molecule has 1 heterocycles. The van der Waals surface area contributed by atoms with Gasteiger partial charge in [0.05, 0.1) is 11.6 Å². The SMILES string of the molecule is N#Cc1cc(F)cc(CN2CCCC2C2CCCC2=O)c1. The highest BCUT2D eigenvalue weighted by Gasteiger charge is 2.37. The number of ketones is 1.